The Bertz CT molecular complexity index is 568. The average molecular weight is 295 g/mol. The number of halogens is 1. The molecule has 5 heteroatoms. The van der Waals surface area contributed by atoms with Crippen LogP contribution in [0.4, 0.5) is 0 Å². The molecule has 0 saturated carbocycles. The van der Waals surface area contributed by atoms with Gasteiger partial charge in [0.25, 0.3) is 0 Å². The maximum Gasteiger partial charge on any atom is 0.224 e. The highest BCUT2D eigenvalue weighted by Crippen LogP contribution is 2.12. The molecule has 2 aromatic rings. The van der Waals surface area contributed by atoms with Crippen molar-refractivity contribution in [2.24, 2.45) is 0 Å². The smallest absolute Gasteiger partial charge is 0.224 e. The third-order valence-corrected chi connectivity index (χ3v) is 3.78. The Kier molecular flexibility index (Phi) is 4.93. The molecule has 19 heavy (non-hydrogen) atoms. The second-order valence-electron chi connectivity index (χ2n) is 4.17. The number of rotatable bonds is 5. The lowest BCUT2D eigenvalue weighted by molar-refractivity contribution is -0.120. The summed E-state index contributed by atoms with van der Waals surface area (Å²) in [5.41, 5.74) is 1.99. The van der Waals surface area contributed by atoms with Crippen LogP contribution in [0.5, 0.6) is 0 Å². The Morgan fingerprint density at radius 2 is 2.32 bits per heavy atom. The van der Waals surface area contributed by atoms with Gasteiger partial charge in [0.2, 0.25) is 5.91 Å². The van der Waals surface area contributed by atoms with Crippen molar-refractivity contribution >= 4 is 28.8 Å². The Morgan fingerprint density at radius 3 is 3.00 bits per heavy atom. The molecule has 0 fully saturated rings. The van der Waals surface area contributed by atoms with Crippen LogP contribution in [-0.2, 0) is 24.2 Å². The summed E-state index contributed by atoms with van der Waals surface area (Å²) in [7, 11) is 0. The van der Waals surface area contributed by atoms with Crippen LogP contribution in [0.3, 0.4) is 0 Å². The van der Waals surface area contributed by atoms with Gasteiger partial charge in [-0.05, 0) is 24.1 Å². The van der Waals surface area contributed by atoms with Crippen molar-refractivity contribution in [2.45, 2.75) is 26.3 Å². The zero-order valence-corrected chi connectivity index (χ0v) is 12.2. The van der Waals surface area contributed by atoms with Crippen LogP contribution in [0.2, 0.25) is 5.02 Å². The second-order valence-corrected chi connectivity index (χ2v) is 5.55. The highest BCUT2D eigenvalue weighted by atomic mass is 35.5. The fourth-order valence-electron chi connectivity index (χ4n) is 1.66. The van der Waals surface area contributed by atoms with Gasteiger partial charge < -0.3 is 5.32 Å². The number of nitrogens with one attached hydrogen (secondary N) is 1. The number of aromatic nitrogens is 1. The summed E-state index contributed by atoms with van der Waals surface area (Å²) in [6, 6.07) is 7.34. The van der Waals surface area contributed by atoms with E-state index >= 15 is 0 Å². The summed E-state index contributed by atoms with van der Waals surface area (Å²) in [5.74, 6) is -0.0180. The van der Waals surface area contributed by atoms with E-state index in [9.17, 15) is 4.79 Å². The Hall–Kier alpha value is -1.39. The molecule has 100 valence electrons. The minimum Gasteiger partial charge on any atom is -0.349 e. The van der Waals surface area contributed by atoms with E-state index in [1.54, 1.807) is 23.5 Å². The van der Waals surface area contributed by atoms with Gasteiger partial charge in [0, 0.05) is 10.4 Å². The number of benzene rings is 1. The van der Waals surface area contributed by atoms with Crippen LogP contribution < -0.4 is 5.32 Å². The predicted octanol–water partition coefficient (Wildman–Crippen LogP) is 3.22. The van der Waals surface area contributed by atoms with Crippen molar-refractivity contribution in [1.29, 1.82) is 0 Å². The molecule has 1 aromatic carbocycles. The summed E-state index contributed by atoms with van der Waals surface area (Å²) in [4.78, 5) is 16.2. The van der Waals surface area contributed by atoms with Crippen molar-refractivity contribution < 1.29 is 4.79 Å². The third-order valence-electron chi connectivity index (χ3n) is 2.65. The predicted molar refractivity (Wildman–Crippen MR) is 78.5 cm³/mol. The van der Waals surface area contributed by atoms with E-state index in [1.165, 1.54) is 0 Å². The molecule has 0 aliphatic rings. The number of nitrogens with zero attached hydrogens (tertiary/aromatic N) is 1. The van der Waals surface area contributed by atoms with Crippen LogP contribution in [0.15, 0.2) is 29.6 Å². The number of hydrogen-bond acceptors (Lipinski definition) is 3. The normalized spacial score (nSPS) is 10.4. The van der Waals surface area contributed by atoms with E-state index in [0.29, 0.717) is 18.0 Å². The second kappa shape index (κ2) is 6.68. The van der Waals surface area contributed by atoms with Crippen LogP contribution in [-0.4, -0.2) is 10.9 Å². The molecular weight excluding hydrogens is 280 g/mol. The molecular formula is C14H15ClN2OS. The first-order valence-electron chi connectivity index (χ1n) is 6.12. The van der Waals surface area contributed by atoms with E-state index in [2.05, 4.69) is 17.2 Å². The van der Waals surface area contributed by atoms with E-state index in [0.717, 1.165) is 22.7 Å². The summed E-state index contributed by atoms with van der Waals surface area (Å²) in [5, 5.41) is 6.49. The minimum atomic E-state index is -0.0180. The Morgan fingerprint density at radius 1 is 1.47 bits per heavy atom. The van der Waals surface area contributed by atoms with Gasteiger partial charge in [-0.25, -0.2) is 4.98 Å². The van der Waals surface area contributed by atoms with E-state index in [1.807, 2.05) is 17.5 Å². The number of hydrogen-bond donors (Lipinski definition) is 1. The lowest BCUT2D eigenvalue weighted by Crippen LogP contribution is -2.24. The largest absolute Gasteiger partial charge is 0.349 e. The van der Waals surface area contributed by atoms with Gasteiger partial charge in [0.05, 0.1) is 18.7 Å². The first-order valence-corrected chi connectivity index (χ1v) is 7.37. The van der Waals surface area contributed by atoms with Crippen LogP contribution in [0.25, 0.3) is 0 Å². The van der Waals surface area contributed by atoms with E-state index in [-0.39, 0.29) is 5.91 Å². The fraction of sp³-hybridized carbons (Fsp3) is 0.286. The third kappa shape index (κ3) is 4.33. The number of carbonyl (C=O) groups is 1. The summed E-state index contributed by atoms with van der Waals surface area (Å²) < 4.78 is 0. The van der Waals surface area contributed by atoms with Crippen molar-refractivity contribution in [1.82, 2.24) is 10.3 Å². The SMILES string of the molecule is CCc1csc(CNC(=O)Cc2cccc(Cl)c2)n1. The first kappa shape index (κ1) is 14.0. The quantitative estimate of drug-likeness (QED) is 0.920. The van der Waals surface area contributed by atoms with Gasteiger partial charge >= 0.3 is 0 Å². The summed E-state index contributed by atoms with van der Waals surface area (Å²) in [6.45, 7) is 2.56. The summed E-state index contributed by atoms with van der Waals surface area (Å²) in [6.07, 6.45) is 1.26. The standard InChI is InChI=1S/C14H15ClN2OS/c1-2-12-9-19-14(17-12)8-16-13(18)7-10-4-3-5-11(15)6-10/h3-6,9H,2,7-8H2,1H3,(H,16,18). The molecule has 0 atom stereocenters. The van der Waals surface area contributed by atoms with Gasteiger partial charge in [-0.1, -0.05) is 30.7 Å². The zero-order chi connectivity index (χ0) is 13.7. The van der Waals surface area contributed by atoms with Gasteiger partial charge in [-0.15, -0.1) is 11.3 Å². The number of aryl methyl sites for hydroxylation is 1. The van der Waals surface area contributed by atoms with E-state index in [4.69, 9.17) is 11.6 Å². The van der Waals surface area contributed by atoms with Gasteiger partial charge in [0.15, 0.2) is 0 Å². The van der Waals surface area contributed by atoms with Crippen LogP contribution >= 0.6 is 22.9 Å². The first-order chi connectivity index (χ1) is 9.17. The summed E-state index contributed by atoms with van der Waals surface area (Å²) >= 11 is 7.46. The molecule has 1 aromatic heterocycles. The monoisotopic (exact) mass is 294 g/mol. The Balaban J connectivity index is 1.84. The van der Waals surface area contributed by atoms with Crippen LogP contribution in [0, 0.1) is 0 Å². The van der Waals surface area contributed by atoms with Crippen LogP contribution in [0.1, 0.15) is 23.2 Å². The molecule has 0 aliphatic carbocycles. The average Bonchev–Trinajstić information content (AvgIpc) is 2.84. The number of thiazole rings is 1. The number of amides is 1. The molecule has 1 heterocycles. The topological polar surface area (TPSA) is 42.0 Å². The maximum atomic E-state index is 11.8. The minimum absolute atomic E-state index is 0.0180. The van der Waals surface area contributed by atoms with Gasteiger partial charge in [-0.2, -0.15) is 0 Å². The lowest BCUT2D eigenvalue weighted by Gasteiger charge is -2.03. The molecule has 1 amide bonds. The molecule has 1 N–H and O–H groups in total. The molecule has 3 nitrogen and oxygen atoms in total. The van der Waals surface area contributed by atoms with Gasteiger partial charge in [-0.3, -0.25) is 4.79 Å². The molecule has 2 rings (SSSR count). The molecule has 0 saturated heterocycles. The molecule has 0 bridgehead atoms. The molecule has 0 aliphatic heterocycles. The molecule has 0 radical (unpaired) electrons. The molecule has 0 unspecified atom stereocenters. The van der Waals surface area contributed by atoms with Gasteiger partial charge in [0.1, 0.15) is 5.01 Å². The zero-order valence-electron chi connectivity index (χ0n) is 10.6. The van der Waals surface area contributed by atoms with Crippen molar-refractivity contribution in [3.63, 3.8) is 0 Å². The highest BCUT2D eigenvalue weighted by molar-refractivity contribution is 7.09. The number of carbonyl (C=O) groups excluding carboxylic acids is 1. The van der Waals surface area contributed by atoms with Crippen molar-refractivity contribution in [3.8, 4) is 0 Å². The lowest BCUT2D eigenvalue weighted by atomic mass is 10.1. The van der Waals surface area contributed by atoms with Crippen molar-refractivity contribution in [3.05, 3.63) is 50.9 Å². The highest BCUT2D eigenvalue weighted by Gasteiger charge is 2.06. The van der Waals surface area contributed by atoms with E-state index < -0.39 is 0 Å². The molecule has 0 spiro atoms. The maximum absolute atomic E-state index is 11.8. The van der Waals surface area contributed by atoms with Crippen molar-refractivity contribution in [2.75, 3.05) is 0 Å². The Labute approximate surface area is 121 Å². The fourth-order valence-corrected chi connectivity index (χ4v) is 2.69.